The van der Waals surface area contributed by atoms with Gasteiger partial charge in [-0.25, -0.2) is 0 Å². The van der Waals surface area contributed by atoms with Gasteiger partial charge in [-0.05, 0) is 6.92 Å². The molecule has 1 aromatic rings. The van der Waals surface area contributed by atoms with E-state index in [9.17, 15) is 0 Å². The molecule has 0 aliphatic rings. The molecule has 0 nitrogen and oxygen atoms in total. The maximum Gasteiger partial charge on any atom is 1.00 e. The SMILES string of the molecule is Cc1ccc([P-2])cc1.[Na+].[Na+]. The summed E-state index contributed by atoms with van der Waals surface area (Å²) in [6.07, 6.45) is 0. The standard InChI is InChI=1S/C7H7P.2Na/c1-6-2-4-7(8)5-3-6;;/h2-5H,1H3;;/q-2;2*+1. The summed E-state index contributed by atoms with van der Waals surface area (Å²) in [5, 5.41) is 1.02. The zero-order chi connectivity index (χ0) is 5.98. The van der Waals surface area contributed by atoms with Crippen LogP contribution in [0, 0.1) is 6.92 Å². The second kappa shape index (κ2) is 7.31. The van der Waals surface area contributed by atoms with Crippen molar-refractivity contribution in [2.45, 2.75) is 6.92 Å². The normalized spacial score (nSPS) is 7.40. The molecule has 42 valence electrons. The molecular formula is C7H7Na2P. The largest absolute Gasteiger partial charge is 1.45 e. The minimum absolute atomic E-state index is 0. The molecule has 0 amide bonds. The summed E-state index contributed by atoms with van der Waals surface area (Å²) in [4.78, 5) is 0. The van der Waals surface area contributed by atoms with E-state index in [0.29, 0.717) is 0 Å². The molecule has 0 N–H and O–H groups in total. The van der Waals surface area contributed by atoms with E-state index in [-0.39, 0.29) is 59.1 Å². The van der Waals surface area contributed by atoms with E-state index in [0.717, 1.165) is 5.30 Å². The third-order valence-electron chi connectivity index (χ3n) is 1.03. The summed E-state index contributed by atoms with van der Waals surface area (Å²) in [5.74, 6) is 0. The van der Waals surface area contributed by atoms with Crippen molar-refractivity contribution in [1.82, 2.24) is 0 Å². The molecule has 0 unspecified atom stereocenters. The van der Waals surface area contributed by atoms with Crippen molar-refractivity contribution >= 4 is 14.5 Å². The van der Waals surface area contributed by atoms with E-state index < -0.39 is 0 Å². The molecule has 0 spiro atoms. The summed E-state index contributed by atoms with van der Waals surface area (Å²) < 4.78 is 0. The number of hydrogen-bond acceptors (Lipinski definition) is 0. The van der Waals surface area contributed by atoms with Crippen molar-refractivity contribution in [3.05, 3.63) is 29.8 Å². The van der Waals surface area contributed by atoms with Crippen molar-refractivity contribution in [1.29, 1.82) is 0 Å². The second-order valence-corrected chi connectivity index (χ2v) is 2.35. The van der Waals surface area contributed by atoms with Gasteiger partial charge in [0.1, 0.15) is 0 Å². The van der Waals surface area contributed by atoms with Crippen LogP contribution in [0.3, 0.4) is 0 Å². The maximum absolute atomic E-state index is 4.13. The monoisotopic (exact) mass is 168 g/mol. The summed E-state index contributed by atoms with van der Waals surface area (Å²) in [7, 11) is 4.13. The number of benzene rings is 1. The second-order valence-electron chi connectivity index (χ2n) is 1.84. The van der Waals surface area contributed by atoms with Crippen LogP contribution in [-0.4, -0.2) is 0 Å². The maximum atomic E-state index is 4.13. The molecule has 0 fully saturated rings. The zero-order valence-electron chi connectivity index (χ0n) is 6.76. The molecule has 0 aliphatic heterocycles. The van der Waals surface area contributed by atoms with Gasteiger partial charge in [-0.1, -0.05) is 17.7 Å². The molecule has 0 radical (unpaired) electrons. The Morgan fingerprint density at radius 1 is 1.00 bits per heavy atom. The summed E-state index contributed by atoms with van der Waals surface area (Å²) in [6.45, 7) is 2.06. The van der Waals surface area contributed by atoms with Gasteiger partial charge >= 0.3 is 59.1 Å². The zero-order valence-corrected chi connectivity index (χ0v) is 11.7. The van der Waals surface area contributed by atoms with Crippen molar-refractivity contribution < 1.29 is 59.1 Å². The third kappa shape index (κ3) is 5.32. The summed E-state index contributed by atoms with van der Waals surface area (Å²) in [5.41, 5.74) is 1.28. The Kier molecular flexibility index (Phi) is 10.4. The first-order chi connectivity index (χ1) is 3.79. The Bertz CT molecular complexity index is 150. The molecule has 0 aromatic heterocycles. The van der Waals surface area contributed by atoms with Crippen LogP contribution >= 0.6 is 9.24 Å². The molecule has 0 heterocycles. The molecular weight excluding hydrogens is 161 g/mol. The van der Waals surface area contributed by atoms with Gasteiger partial charge in [-0.15, -0.1) is 12.1 Å². The predicted octanol–water partition coefficient (Wildman–Crippen LogP) is -3.96. The minimum Gasteiger partial charge on any atom is -1.45 e. The third-order valence-corrected chi connectivity index (χ3v) is 1.33. The average molecular weight is 168 g/mol. The number of aryl methyl sites for hydroxylation is 1. The van der Waals surface area contributed by atoms with Crippen molar-refractivity contribution in [2.75, 3.05) is 0 Å². The van der Waals surface area contributed by atoms with Gasteiger partial charge in [0.15, 0.2) is 0 Å². The van der Waals surface area contributed by atoms with Crippen LogP contribution < -0.4 is 64.4 Å². The van der Waals surface area contributed by atoms with Crippen LogP contribution in [-0.2, 0) is 0 Å². The van der Waals surface area contributed by atoms with Gasteiger partial charge in [0.2, 0.25) is 0 Å². The van der Waals surface area contributed by atoms with E-state index in [1.54, 1.807) is 0 Å². The summed E-state index contributed by atoms with van der Waals surface area (Å²) in [6, 6.07) is 8.06. The first-order valence-electron chi connectivity index (χ1n) is 2.54. The van der Waals surface area contributed by atoms with Crippen LogP contribution in [0.4, 0.5) is 0 Å². The summed E-state index contributed by atoms with van der Waals surface area (Å²) >= 11 is 0. The Morgan fingerprint density at radius 2 is 1.40 bits per heavy atom. The Hall–Kier alpha value is 1.65. The van der Waals surface area contributed by atoms with Crippen LogP contribution in [0.15, 0.2) is 24.3 Å². The Balaban J connectivity index is 0. The molecule has 0 saturated carbocycles. The van der Waals surface area contributed by atoms with Gasteiger partial charge < -0.3 is 14.5 Å². The fraction of sp³-hybridized carbons (Fsp3) is 0.143. The number of rotatable bonds is 0. The van der Waals surface area contributed by atoms with Crippen LogP contribution in [0.2, 0.25) is 0 Å². The van der Waals surface area contributed by atoms with Gasteiger partial charge in [-0.2, -0.15) is 0 Å². The predicted molar refractivity (Wildman–Crippen MR) is 37.7 cm³/mol. The van der Waals surface area contributed by atoms with E-state index >= 15 is 0 Å². The first kappa shape index (κ1) is 14.2. The van der Waals surface area contributed by atoms with E-state index in [1.165, 1.54) is 5.56 Å². The van der Waals surface area contributed by atoms with Gasteiger partial charge in [0, 0.05) is 0 Å². The molecule has 1 aromatic carbocycles. The fourth-order valence-electron chi connectivity index (χ4n) is 0.545. The van der Waals surface area contributed by atoms with Crippen LogP contribution in [0.1, 0.15) is 5.56 Å². The van der Waals surface area contributed by atoms with Crippen molar-refractivity contribution in [3.8, 4) is 0 Å². The van der Waals surface area contributed by atoms with Crippen molar-refractivity contribution in [3.63, 3.8) is 0 Å². The fourth-order valence-corrected chi connectivity index (χ4v) is 0.694. The van der Waals surface area contributed by atoms with Crippen LogP contribution in [0.25, 0.3) is 0 Å². The average Bonchev–Trinajstić information content (AvgIpc) is 1.77. The van der Waals surface area contributed by atoms with E-state index in [2.05, 4.69) is 16.2 Å². The van der Waals surface area contributed by atoms with Gasteiger partial charge in [0.25, 0.3) is 0 Å². The van der Waals surface area contributed by atoms with Gasteiger partial charge in [-0.3, -0.25) is 0 Å². The first-order valence-corrected chi connectivity index (χ1v) is 2.99. The van der Waals surface area contributed by atoms with Crippen LogP contribution in [0.5, 0.6) is 0 Å². The Labute approximate surface area is 109 Å². The van der Waals surface area contributed by atoms with E-state index in [1.807, 2.05) is 24.3 Å². The van der Waals surface area contributed by atoms with Crippen molar-refractivity contribution in [2.24, 2.45) is 0 Å². The minimum atomic E-state index is 0. The Morgan fingerprint density at radius 3 is 1.70 bits per heavy atom. The quantitative estimate of drug-likeness (QED) is 0.274. The topological polar surface area (TPSA) is 0 Å². The van der Waals surface area contributed by atoms with E-state index in [4.69, 9.17) is 0 Å². The van der Waals surface area contributed by atoms with Gasteiger partial charge in [0.05, 0.1) is 0 Å². The molecule has 0 saturated heterocycles. The molecule has 0 atom stereocenters. The number of hydrogen-bond donors (Lipinski definition) is 0. The molecule has 3 heteroatoms. The molecule has 0 aliphatic carbocycles. The smallest absolute Gasteiger partial charge is 1.00 e. The molecule has 1 rings (SSSR count). The molecule has 0 bridgehead atoms. The molecule has 10 heavy (non-hydrogen) atoms.